The lowest BCUT2D eigenvalue weighted by Crippen LogP contribution is -2.32. The van der Waals surface area contributed by atoms with Crippen LogP contribution in [0.3, 0.4) is 0 Å². The largest absolute Gasteiger partial charge is 0.494 e. The van der Waals surface area contributed by atoms with Gasteiger partial charge in [0.05, 0.1) is 24.2 Å². The van der Waals surface area contributed by atoms with Crippen LogP contribution in [-0.2, 0) is 10.0 Å². The van der Waals surface area contributed by atoms with Gasteiger partial charge >= 0.3 is 0 Å². The number of hydrogen-bond donors (Lipinski definition) is 0. The third-order valence-electron chi connectivity index (χ3n) is 3.18. The minimum atomic E-state index is -4.30. The fourth-order valence-electron chi connectivity index (χ4n) is 2.06. The van der Waals surface area contributed by atoms with E-state index in [1.165, 1.54) is 13.2 Å². The third kappa shape index (κ3) is 3.38. The first-order valence-corrected chi connectivity index (χ1v) is 8.17. The van der Waals surface area contributed by atoms with E-state index in [0.717, 1.165) is 30.3 Å². The molecule has 0 unspecified atom stereocenters. The predicted octanol–water partition coefficient (Wildman–Crippen LogP) is 3.49. The molecule has 0 saturated heterocycles. The summed E-state index contributed by atoms with van der Waals surface area (Å²) in [7, 11) is -3.05. The van der Waals surface area contributed by atoms with E-state index in [4.69, 9.17) is 4.74 Å². The molecule has 24 heavy (non-hydrogen) atoms. The zero-order valence-electron chi connectivity index (χ0n) is 12.7. The van der Waals surface area contributed by atoms with Gasteiger partial charge in [-0.05, 0) is 30.3 Å². The Morgan fingerprint density at radius 3 is 2.38 bits per heavy atom. The van der Waals surface area contributed by atoms with E-state index in [1.807, 2.05) is 0 Å². The Hall–Kier alpha value is -2.48. The maximum absolute atomic E-state index is 14.0. The summed E-state index contributed by atoms with van der Waals surface area (Å²) in [5, 5.41) is 0. The van der Waals surface area contributed by atoms with Crippen molar-refractivity contribution in [3.8, 4) is 5.75 Å². The summed E-state index contributed by atoms with van der Waals surface area (Å²) in [5.74, 6) is -2.91. The van der Waals surface area contributed by atoms with Crippen molar-refractivity contribution in [3.05, 3.63) is 66.5 Å². The highest BCUT2D eigenvalue weighted by Crippen LogP contribution is 2.29. The molecule has 8 heteroatoms. The highest BCUT2D eigenvalue weighted by Gasteiger charge is 2.27. The minimum Gasteiger partial charge on any atom is -0.494 e. The van der Waals surface area contributed by atoms with Crippen LogP contribution in [-0.4, -0.2) is 22.1 Å². The van der Waals surface area contributed by atoms with Crippen LogP contribution in [0.2, 0.25) is 0 Å². The second-order valence-corrected chi connectivity index (χ2v) is 6.58. The molecule has 2 aromatic carbocycles. The molecular weight excluding hydrogens is 343 g/mol. The Morgan fingerprint density at radius 2 is 1.83 bits per heavy atom. The van der Waals surface area contributed by atoms with Gasteiger partial charge in [0, 0.05) is 6.07 Å². The number of anilines is 1. The summed E-state index contributed by atoms with van der Waals surface area (Å²) in [6.45, 7) is 3.15. The van der Waals surface area contributed by atoms with Gasteiger partial charge in [-0.3, -0.25) is 4.31 Å². The second-order valence-electron chi connectivity index (χ2n) is 4.72. The summed E-state index contributed by atoms with van der Waals surface area (Å²) in [6.07, 6.45) is 1.24. The van der Waals surface area contributed by atoms with Crippen molar-refractivity contribution in [2.45, 2.75) is 4.90 Å². The molecule has 0 fully saturated rings. The van der Waals surface area contributed by atoms with Crippen molar-refractivity contribution in [1.29, 1.82) is 0 Å². The fourth-order valence-corrected chi connectivity index (χ4v) is 3.52. The molecule has 0 aliphatic rings. The molecule has 0 bridgehead atoms. The number of hydrogen-bond acceptors (Lipinski definition) is 3. The molecule has 4 nitrogen and oxygen atoms in total. The molecule has 0 atom stereocenters. The molecule has 2 aromatic rings. The van der Waals surface area contributed by atoms with Gasteiger partial charge in [-0.25, -0.2) is 21.6 Å². The molecular formula is C16H14F3NO3S. The second kappa shape index (κ2) is 6.96. The van der Waals surface area contributed by atoms with Crippen LogP contribution in [0, 0.1) is 17.5 Å². The summed E-state index contributed by atoms with van der Waals surface area (Å²) < 4.78 is 71.7. The number of benzene rings is 2. The monoisotopic (exact) mass is 357 g/mol. The average Bonchev–Trinajstić information content (AvgIpc) is 2.53. The van der Waals surface area contributed by atoms with E-state index in [9.17, 15) is 21.6 Å². The van der Waals surface area contributed by atoms with Gasteiger partial charge in [0.25, 0.3) is 10.0 Å². The Balaban J connectivity index is 2.57. The maximum atomic E-state index is 14.0. The van der Waals surface area contributed by atoms with Crippen LogP contribution in [0.25, 0.3) is 0 Å². The van der Waals surface area contributed by atoms with Gasteiger partial charge in [-0.1, -0.05) is 6.08 Å². The predicted molar refractivity (Wildman–Crippen MR) is 84.0 cm³/mol. The Labute approximate surface area is 137 Å². The van der Waals surface area contributed by atoms with Gasteiger partial charge in [-0.2, -0.15) is 0 Å². The lowest BCUT2D eigenvalue weighted by molar-refractivity contribution is 0.385. The molecule has 0 aliphatic heterocycles. The van der Waals surface area contributed by atoms with Gasteiger partial charge in [-0.15, -0.1) is 6.58 Å². The molecule has 0 saturated carbocycles. The first kappa shape index (κ1) is 17.9. The molecule has 0 amide bonds. The Bertz CT molecular complexity index is 869. The zero-order valence-corrected chi connectivity index (χ0v) is 13.5. The van der Waals surface area contributed by atoms with Crippen molar-refractivity contribution in [1.82, 2.24) is 0 Å². The van der Waals surface area contributed by atoms with Crippen LogP contribution >= 0.6 is 0 Å². The number of halogens is 3. The van der Waals surface area contributed by atoms with Gasteiger partial charge < -0.3 is 4.74 Å². The number of ether oxygens (including phenoxy) is 1. The number of sulfonamides is 1. The van der Waals surface area contributed by atoms with E-state index in [0.29, 0.717) is 10.4 Å². The van der Waals surface area contributed by atoms with Crippen molar-refractivity contribution in [2.75, 3.05) is 18.0 Å². The number of nitrogens with zero attached hydrogens (tertiary/aromatic N) is 1. The molecule has 0 aromatic heterocycles. The van der Waals surface area contributed by atoms with Gasteiger partial charge in [0.2, 0.25) is 0 Å². The normalized spacial score (nSPS) is 11.2. The molecule has 0 N–H and O–H groups in total. The number of methoxy groups -OCH3 is 1. The van der Waals surface area contributed by atoms with E-state index in [-0.39, 0.29) is 18.0 Å². The highest BCUT2D eigenvalue weighted by atomic mass is 32.2. The quantitative estimate of drug-likeness (QED) is 0.744. The van der Waals surface area contributed by atoms with Crippen LogP contribution in [0.1, 0.15) is 0 Å². The van der Waals surface area contributed by atoms with Crippen molar-refractivity contribution < 1.29 is 26.3 Å². The van der Waals surface area contributed by atoms with Crippen molar-refractivity contribution >= 4 is 15.7 Å². The third-order valence-corrected chi connectivity index (χ3v) is 4.96. The molecule has 0 heterocycles. The lowest BCUT2D eigenvalue weighted by atomic mass is 10.3. The van der Waals surface area contributed by atoms with Crippen LogP contribution in [0.15, 0.2) is 53.9 Å². The number of rotatable bonds is 6. The van der Waals surface area contributed by atoms with Gasteiger partial charge in [0.1, 0.15) is 11.6 Å². The van der Waals surface area contributed by atoms with Crippen LogP contribution < -0.4 is 9.04 Å². The molecule has 0 aliphatic carbocycles. The van der Waals surface area contributed by atoms with Crippen LogP contribution in [0.5, 0.6) is 5.75 Å². The molecule has 0 radical (unpaired) electrons. The van der Waals surface area contributed by atoms with E-state index >= 15 is 0 Å². The lowest BCUT2D eigenvalue weighted by Gasteiger charge is -2.23. The molecule has 0 spiro atoms. The smallest absolute Gasteiger partial charge is 0.264 e. The summed E-state index contributed by atoms with van der Waals surface area (Å²) in [5.41, 5.74) is -0.368. The first-order chi connectivity index (χ1) is 11.3. The van der Waals surface area contributed by atoms with E-state index in [2.05, 4.69) is 6.58 Å². The zero-order chi connectivity index (χ0) is 17.9. The van der Waals surface area contributed by atoms with Crippen molar-refractivity contribution in [2.24, 2.45) is 0 Å². The topological polar surface area (TPSA) is 46.6 Å². The Kier molecular flexibility index (Phi) is 5.18. The van der Waals surface area contributed by atoms with E-state index < -0.39 is 32.4 Å². The standard InChI is InChI=1S/C16H14F3NO3S/c1-3-8-20(15-6-4-11(17)9-13(15)18)24(21,22)12-5-7-16(23-2)14(19)10-12/h3-7,9-10H,1,8H2,2H3. The molecule has 2 rings (SSSR count). The highest BCUT2D eigenvalue weighted by molar-refractivity contribution is 7.92. The minimum absolute atomic E-state index is 0.128. The average molecular weight is 357 g/mol. The van der Waals surface area contributed by atoms with Gasteiger partial charge in [0.15, 0.2) is 11.6 Å². The molecule has 128 valence electrons. The SMILES string of the molecule is C=CCN(c1ccc(F)cc1F)S(=O)(=O)c1ccc(OC)c(F)c1. The fraction of sp³-hybridized carbons (Fsp3) is 0.125. The summed E-state index contributed by atoms with van der Waals surface area (Å²) in [4.78, 5) is -0.397. The summed E-state index contributed by atoms with van der Waals surface area (Å²) in [6, 6.07) is 5.54. The maximum Gasteiger partial charge on any atom is 0.264 e. The Morgan fingerprint density at radius 1 is 1.12 bits per heavy atom. The van der Waals surface area contributed by atoms with Crippen molar-refractivity contribution in [3.63, 3.8) is 0 Å². The van der Waals surface area contributed by atoms with Crippen LogP contribution in [0.4, 0.5) is 18.9 Å². The van der Waals surface area contributed by atoms with E-state index in [1.54, 1.807) is 0 Å². The summed E-state index contributed by atoms with van der Waals surface area (Å²) >= 11 is 0. The first-order valence-electron chi connectivity index (χ1n) is 6.73.